The number of urea groups is 1. The van der Waals surface area contributed by atoms with E-state index >= 15 is 0 Å². The van der Waals surface area contributed by atoms with E-state index in [0.717, 1.165) is 35.1 Å². The van der Waals surface area contributed by atoms with E-state index in [1.54, 1.807) is 11.3 Å². The van der Waals surface area contributed by atoms with Gasteiger partial charge in [0.25, 0.3) is 0 Å². The van der Waals surface area contributed by atoms with E-state index < -0.39 is 0 Å². The van der Waals surface area contributed by atoms with Gasteiger partial charge < -0.3 is 10.6 Å². The first kappa shape index (κ1) is 17.5. The van der Waals surface area contributed by atoms with E-state index in [1.165, 1.54) is 0 Å². The largest absolute Gasteiger partial charge is 0.338 e. The molecule has 2 amide bonds. The van der Waals surface area contributed by atoms with Gasteiger partial charge in [-0.2, -0.15) is 5.10 Å². The van der Waals surface area contributed by atoms with E-state index in [1.807, 2.05) is 30.8 Å². The summed E-state index contributed by atoms with van der Waals surface area (Å²) in [6, 6.07) is 1.93. The molecule has 0 aromatic carbocycles. The summed E-state index contributed by atoms with van der Waals surface area (Å²) in [6.07, 6.45) is 0.763. The predicted molar refractivity (Wildman–Crippen MR) is 92.8 cm³/mol. The number of aromatic nitrogens is 3. The molecule has 1 atom stereocenters. The van der Waals surface area contributed by atoms with Crippen molar-refractivity contribution in [1.82, 2.24) is 25.4 Å². The fourth-order valence-electron chi connectivity index (χ4n) is 2.38. The number of rotatable bonds is 7. The monoisotopic (exact) mass is 335 g/mol. The average Bonchev–Trinajstić information content (AvgIpc) is 3.02. The molecular formula is C16H25N5OS. The third kappa shape index (κ3) is 5.67. The van der Waals surface area contributed by atoms with Gasteiger partial charge in [0, 0.05) is 37.1 Å². The van der Waals surface area contributed by atoms with Crippen LogP contribution in [0.2, 0.25) is 0 Å². The Balaban J connectivity index is 1.64. The minimum atomic E-state index is -0.128. The second-order valence-corrected chi connectivity index (χ2v) is 7.02. The second kappa shape index (κ2) is 8.10. The summed E-state index contributed by atoms with van der Waals surface area (Å²) in [4.78, 5) is 16.2. The lowest BCUT2D eigenvalue weighted by atomic mass is 10.2. The van der Waals surface area contributed by atoms with E-state index in [4.69, 9.17) is 0 Å². The second-order valence-electron chi connectivity index (χ2n) is 5.96. The van der Waals surface area contributed by atoms with Crippen LogP contribution in [0.4, 0.5) is 4.79 Å². The SMILES string of the molecule is Cc1cc(C)n(CC(C)CNC(=O)NCCc2csc(C)n2)n1. The van der Waals surface area contributed by atoms with Crippen LogP contribution in [0.3, 0.4) is 0 Å². The molecule has 0 aliphatic heterocycles. The molecule has 1 unspecified atom stereocenters. The Hall–Kier alpha value is -1.89. The third-order valence-corrected chi connectivity index (χ3v) is 4.35. The van der Waals surface area contributed by atoms with Gasteiger partial charge in [0.1, 0.15) is 0 Å². The molecule has 23 heavy (non-hydrogen) atoms. The van der Waals surface area contributed by atoms with Gasteiger partial charge in [-0.15, -0.1) is 11.3 Å². The normalized spacial score (nSPS) is 12.2. The summed E-state index contributed by atoms with van der Waals surface area (Å²) in [7, 11) is 0. The first-order chi connectivity index (χ1) is 10.9. The number of nitrogens with one attached hydrogen (secondary N) is 2. The number of amides is 2. The highest BCUT2D eigenvalue weighted by molar-refractivity contribution is 7.09. The summed E-state index contributed by atoms with van der Waals surface area (Å²) < 4.78 is 1.99. The third-order valence-electron chi connectivity index (χ3n) is 3.53. The van der Waals surface area contributed by atoms with E-state index in [0.29, 0.717) is 19.0 Å². The smallest absolute Gasteiger partial charge is 0.314 e. The van der Waals surface area contributed by atoms with E-state index in [-0.39, 0.29) is 6.03 Å². The van der Waals surface area contributed by atoms with Gasteiger partial charge in [-0.25, -0.2) is 9.78 Å². The topological polar surface area (TPSA) is 71.8 Å². The van der Waals surface area contributed by atoms with Gasteiger partial charge in [0.2, 0.25) is 0 Å². The van der Waals surface area contributed by atoms with Crippen LogP contribution in [0, 0.1) is 26.7 Å². The lowest BCUT2D eigenvalue weighted by Crippen LogP contribution is -2.39. The van der Waals surface area contributed by atoms with Crippen LogP contribution in [-0.4, -0.2) is 33.9 Å². The maximum Gasteiger partial charge on any atom is 0.314 e. The summed E-state index contributed by atoms with van der Waals surface area (Å²) in [5, 5.41) is 13.3. The van der Waals surface area contributed by atoms with Crippen molar-refractivity contribution >= 4 is 17.4 Å². The van der Waals surface area contributed by atoms with Crippen molar-refractivity contribution in [2.45, 2.75) is 40.7 Å². The van der Waals surface area contributed by atoms with E-state index in [2.05, 4.69) is 33.7 Å². The quantitative estimate of drug-likeness (QED) is 0.816. The Kier molecular flexibility index (Phi) is 6.15. The number of carbonyl (C=O) groups is 1. The molecule has 0 aliphatic carbocycles. The van der Waals surface area contributed by atoms with Crippen LogP contribution in [0.15, 0.2) is 11.4 Å². The van der Waals surface area contributed by atoms with Gasteiger partial charge in [0.05, 0.1) is 16.4 Å². The van der Waals surface area contributed by atoms with Crippen molar-refractivity contribution in [2.24, 2.45) is 5.92 Å². The summed E-state index contributed by atoms with van der Waals surface area (Å²) >= 11 is 1.63. The number of hydrogen-bond acceptors (Lipinski definition) is 4. The average molecular weight is 335 g/mol. The molecule has 0 spiro atoms. The molecular weight excluding hydrogens is 310 g/mol. The minimum Gasteiger partial charge on any atom is -0.338 e. The maximum atomic E-state index is 11.8. The fraction of sp³-hybridized carbons (Fsp3) is 0.562. The molecule has 2 heterocycles. The molecule has 0 radical (unpaired) electrons. The molecule has 7 heteroatoms. The Labute approximate surface area is 141 Å². The number of nitrogens with zero attached hydrogens (tertiary/aromatic N) is 3. The standard InChI is InChI=1S/C16H25N5OS/c1-11(9-21-13(3)7-12(2)20-21)8-18-16(22)17-6-5-15-10-23-14(4)19-15/h7,10-11H,5-6,8-9H2,1-4H3,(H2,17,18,22). The van der Waals surface area contributed by atoms with Crippen molar-refractivity contribution in [3.05, 3.63) is 33.5 Å². The molecule has 0 fully saturated rings. The van der Waals surface area contributed by atoms with Gasteiger partial charge >= 0.3 is 6.03 Å². The predicted octanol–water partition coefficient (Wildman–Crippen LogP) is 2.44. The zero-order valence-corrected chi connectivity index (χ0v) is 15.0. The summed E-state index contributed by atoms with van der Waals surface area (Å²) in [5.41, 5.74) is 3.21. The van der Waals surface area contributed by atoms with Crippen molar-refractivity contribution in [1.29, 1.82) is 0 Å². The van der Waals surface area contributed by atoms with Crippen LogP contribution < -0.4 is 10.6 Å². The number of thiazole rings is 1. The van der Waals surface area contributed by atoms with Crippen LogP contribution in [-0.2, 0) is 13.0 Å². The molecule has 2 rings (SSSR count). The Morgan fingerprint density at radius 2 is 2.13 bits per heavy atom. The lowest BCUT2D eigenvalue weighted by molar-refractivity contribution is 0.238. The molecule has 2 aromatic heterocycles. The summed E-state index contributed by atoms with van der Waals surface area (Å²) in [6.45, 7) is 10.2. The van der Waals surface area contributed by atoms with E-state index in [9.17, 15) is 4.79 Å². The maximum absolute atomic E-state index is 11.8. The van der Waals surface area contributed by atoms with Crippen molar-refractivity contribution in [3.63, 3.8) is 0 Å². The molecule has 2 N–H and O–H groups in total. The molecule has 6 nitrogen and oxygen atoms in total. The van der Waals surface area contributed by atoms with Crippen LogP contribution in [0.25, 0.3) is 0 Å². The van der Waals surface area contributed by atoms with Crippen molar-refractivity contribution in [2.75, 3.05) is 13.1 Å². The first-order valence-electron chi connectivity index (χ1n) is 7.88. The Morgan fingerprint density at radius 3 is 2.74 bits per heavy atom. The highest BCUT2D eigenvalue weighted by Gasteiger charge is 2.09. The van der Waals surface area contributed by atoms with Gasteiger partial charge in [-0.05, 0) is 32.8 Å². The molecule has 0 saturated carbocycles. The molecule has 0 bridgehead atoms. The van der Waals surface area contributed by atoms with Crippen LogP contribution >= 0.6 is 11.3 Å². The number of hydrogen-bond donors (Lipinski definition) is 2. The molecule has 2 aromatic rings. The van der Waals surface area contributed by atoms with Crippen LogP contribution in [0.5, 0.6) is 0 Å². The van der Waals surface area contributed by atoms with Gasteiger partial charge in [-0.1, -0.05) is 6.92 Å². The van der Waals surface area contributed by atoms with Crippen LogP contribution in [0.1, 0.15) is 29.0 Å². The number of aryl methyl sites for hydroxylation is 3. The van der Waals surface area contributed by atoms with Gasteiger partial charge in [-0.3, -0.25) is 4.68 Å². The highest BCUT2D eigenvalue weighted by Crippen LogP contribution is 2.08. The lowest BCUT2D eigenvalue weighted by Gasteiger charge is -2.14. The summed E-state index contributed by atoms with van der Waals surface area (Å²) in [5.74, 6) is 0.319. The number of carbonyl (C=O) groups excluding carboxylic acids is 1. The zero-order chi connectivity index (χ0) is 16.8. The fourth-order valence-corrected chi connectivity index (χ4v) is 3.02. The first-order valence-corrected chi connectivity index (χ1v) is 8.75. The highest BCUT2D eigenvalue weighted by atomic mass is 32.1. The zero-order valence-electron chi connectivity index (χ0n) is 14.2. The Morgan fingerprint density at radius 1 is 1.35 bits per heavy atom. The van der Waals surface area contributed by atoms with Crippen molar-refractivity contribution in [3.8, 4) is 0 Å². The van der Waals surface area contributed by atoms with Gasteiger partial charge in [0.15, 0.2) is 0 Å². The minimum absolute atomic E-state index is 0.128. The Bertz CT molecular complexity index is 649. The molecule has 0 aliphatic rings. The van der Waals surface area contributed by atoms with Crippen molar-refractivity contribution < 1.29 is 4.79 Å². The molecule has 126 valence electrons. The molecule has 0 saturated heterocycles.